The summed E-state index contributed by atoms with van der Waals surface area (Å²) in [6.45, 7) is 12.6. The first-order chi connectivity index (χ1) is 11.1. The molecular weight excluding hydrogens is 292 g/mol. The van der Waals surface area contributed by atoms with Gasteiger partial charge in [-0.25, -0.2) is 4.79 Å². The Morgan fingerprint density at radius 2 is 2.00 bits per heavy atom. The van der Waals surface area contributed by atoms with Crippen LogP contribution in [-0.4, -0.2) is 92.3 Å². The smallest absolute Gasteiger partial charge is 0.317 e. The third-order valence-corrected chi connectivity index (χ3v) is 4.30. The highest BCUT2D eigenvalue weighted by Crippen LogP contribution is 2.08. The van der Waals surface area contributed by atoms with Crippen LogP contribution in [0, 0.1) is 18.3 Å². The quantitative estimate of drug-likeness (QED) is 0.740. The van der Waals surface area contributed by atoms with Crippen molar-refractivity contribution < 1.29 is 9.53 Å². The number of terminal acetylenes is 1. The van der Waals surface area contributed by atoms with Crippen molar-refractivity contribution in [1.29, 1.82) is 0 Å². The molecule has 0 spiro atoms. The predicted molar refractivity (Wildman–Crippen MR) is 91.3 cm³/mol. The second-order valence-corrected chi connectivity index (χ2v) is 6.80. The van der Waals surface area contributed by atoms with E-state index in [1.165, 1.54) is 0 Å². The summed E-state index contributed by atoms with van der Waals surface area (Å²) < 4.78 is 5.77. The molecule has 0 saturated carbocycles. The van der Waals surface area contributed by atoms with Crippen LogP contribution in [0.2, 0.25) is 0 Å². The van der Waals surface area contributed by atoms with Crippen LogP contribution in [0.1, 0.15) is 13.8 Å². The van der Waals surface area contributed by atoms with Crippen LogP contribution in [0.25, 0.3) is 0 Å². The molecule has 2 heterocycles. The van der Waals surface area contributed by atoms with Crippen molar-refractivity contribution in [3.8, 4) is 12.3 Å². The summed E-state index contributed by atoms with van der Waals surface area (Å²) in [5.74, 6) is 3.31. The van der Waals surface area contributed by atoms with Gasteiger partial charge in [0.25, 0.3) is 0 Å². The summed E-state index contributed by atoms with van der Waals surface area (Å²) in [7, 11) is 0. The lowest BCUT2D eigenvalue weighted by molar-refractivity contribution is -0.0295. The third kappa shape index (κ3) is 6.02. The van der Waals surface area contributed by atoms with Gasteiger partial charge < -0.3 is 15.0 Å². The van der Waals surface area contributed by atoms with Crippen molar-refractivity contribution in [3.05, 3.63) is 0 Å². The highest BCUT2D eigenvalue weighted by Gasteiger charge is 2.24. The van der Waals surface area contributed by atoms with Gasteiger partial charge in [-0.2, -0.15) is 0 Å². The van der Waals surface area contributed by atoms with Crippen LogP contribution in [0.4, 0.5) is 4.79 Å². The van der Waals surface area contributed by atoms with E-state index in [1.54, 1.807) is 0 Å². The van der Waals surface area contributed by atoms with E-state index < -0.39 is 0 Å². The predicted octanol–water partition coefficient (Wildman–Crippen LogP) is 0.304. The number of piperazine rings is 1. The topological polar surface area (TPSA) is 48.0 Å². The summed E-state index contributed by atoms with van der Waals surface area (Å²) in [4.78, 5) is 18.7. The largest absolute Gasteiger partial charge is 0.374 e. The van der Waals surface area contributed by atoms with Gasteiger partial charge in [-0.3, -0.25) is 9.80 Å². The molecule has 0 aromatic rings. The number of hydrogen-bond donors (Lipinski definition) is 1. The Morgan fingerprint density at radius 1 is 1.26 bits per heavy atom. The molecule has 0 bridgehead atoms. The fraction of sp³-hybridized carbons (Fsp3) is 0.824. The Hall–Kier alpha value is -1.29. The third-order valence-electron chi connectivity index (χ3n) is 4.30. The molecule has 130 valence electrons. The maximum Gasteiger partial charge on any atom is 0.317 e. The van der Waals surface area contributed by atoms with E-state index in [4.69, 9.17) is 11.2 Å². The van der Waals surface area contributed by atoms with E-state index in [9.17, 15) is 4.79 Å². The van der Waals surface area contributed by atoms with Crippen LogP contribution in [-0.2, 0) is 4.74 Å². The second kappa shape index (κ2) is 9.11. The number of morpholine rings is 1. The van der Waals surface area contributed by atoms with Crippen molar-refractivity contribution in [2.24, 2.45) is 5.92 Å². The summed E-state index contributed by atoms with van der Waals surface area (Å²) >= 11 is 0. The fourth-order valence-electron chi connectivity index (χ4n) is 3.14. The van der Waals surface area contributed by atoms with E-state index in [0.29, 0.717) is 19.0 Å². The lowest BCUT2D eigenvalue weighted by atomic mass is 10.2. The van der Waals surface area contributed by atoms with Crippen LogP contribution in [0.15, 0.2) is 0 Å². The first kappa shape index (κ1) is 18.1. The van der Waals surface area contributed by atoms with Crippen LogP contribution in [0.3, 0.4) is 0 Å². The highest BCUT2D eigenvalue weighted by molar-refractivity contribution is 5.74. The van der Waals surface area contributed by atoms with Crippen molar-refractivity contribution in [1.82, 2.24) is 20.0 Å². The van der Waals surface area contributed by atoms with Gasteiger partial charge in [-0.15, -0.1) is 6.42 Å². The molecule has 2 fully saturated rings. The minimum Gasteiger partial charge on any atom is -0.374 e. The first-order valence-electron chi connectivity index (χ1n) is 8.61. The summed E-state index contributed by atoms with van der Waals surface area (Å²) in [5, 5.41) is 3.02. The second-order valence-electron chi connectivity index (χ2n) is 6.80. The molecule has 6 nitrogen and oxygen atoms in total. The molecule has 2 aliphatic rings. The number of carbonyl (C=O) groups is 1. The lowest BCUT2D eigenvalue weighted by Crippen LogP contribution is -2.54. The van der Waals surface area contributed by atoms with Crippen LogP contribution < -0.4 is 5.32 Å². The minimum atomic E-state index is 0.00920. The SMILES string of the molecule is C#CCN1CCN(C(=O)NC[C@H]2CN(CC(C)C)CCO2)CC1. The van der Waals surface area contributed by atoms with E-state index in [-0.39, 0.29) is 12.1 Å². The standard InChI is InChI=1S/C17H30N4O2/c1-4-5-19-6-8-21(9-7-19)17(22)18-12-16-14-20(10-11-23-16)13-15(2)3/h1,15-16H,5-14H2,2-3H3,(H,18,22)/t16-/m0/s1. The number of amides is 2. The zero-order valence-electron chi connectivity index (χ0n) is 14.5. The zero-order chi connectivity index (χ0) is 16.7. The molecule has 0 radical (unpaired) electrons. The van der Waals surface area contributed by atoms with Crippen molar-refractivity contribution in [2.45, 2.75) is 20.0 Å². The minimum absolute atomic E-state index is 0.00920. The Morgan fingerprint density at radius 3 is 2.65 bits per heavy atom. The molecule has 2 rings (SSSR count). The van der Waals surface area contributed by atoms with Gasteiger partial charge in [0.15, 0.2) is 0 Å². The Labute approximate surface area is 140 Å². The monoisotopic (exact) mass is 322 g/mol. The maximum absolute atomic E-state index is 12.3. The molecule has 6 heteroatoms. The molecule has 1 atom stereocenters. The molecule has 0 aliphatic carbocycles. The number of rotatable bonds is 5. The molecule has 2 amide bonds. The van der Waals surface area contributed by atoms with E-state index in [0.717, 1.165) is 52.4 Å². The van der Waals surface area contributed by atoms with E-state index in [2.05, 4.69) is 34.9 Å². The maximum atomic E-state index is 12.3. The molecule has 2 saturated heterocycles. The molecular formula is C17H30N4O2. The molecule has 1 N–H and O–H groups in total. The average Bonchev–Trinajstić information content (AvgIpc) is 2.53. The first-order valence-corrected chi connectivity index (χ1v) is 8.61. The lowest BCUT2D eigenvalue weighted by Gasteiger charge is -2.36. The Kier molecular flexibility index (Phi) is 7.15. The van der Waals surface area contributed by atoms with Gasteiger partial charge in [-0.1, -0.05) is 19.8 Å². The molecule has 0 aromatic carbocycles. The number of nitrogens with one attached hydrogen (secondary N) is 1. The van der Waals surface area contributed by atoms with Crippen molar-refractivity contribution in [2.75, 3.05) is 65.5 Å². The number of nitrogens with zero attached hydrogens (tertiary/aromatic N) is 3. The van der Waals surface area contributed by atoms with Crippen molar-refractivity contribution in [3.63, 3.8) is 0 Å². The fourth-order valence-corrected chi connectivity index (χ4v) is 3.14. The highest BCUT2D eigenvalue weighted by atomic mass is 16.5. The van der Waals surface area contributed by atoms with Crippen molar-refractivity contribution >= 4 is 6.03 Å². The average molecular weight is 322 g/mol. The summed E-state index contributed by atoms with van der Waals surface area (Å²) in [5.41, 5.74) is 0. The van der Waals surface area contributed by atoms with Gasteiger partial charge in [0.2, 0.25) is 0 Å². The zero-order valence-corrected chi connectivity index (χ0v) is 14.5. The van der Waals surface area contributed by atoms with Gasteiger partial charge in [0.1, 0.15) is 0 Å². The molecule has 0 aromatic heterocycles. The van der Waals surface area contributed by atoms with Gasteiger partial charge in [-0.05, 0) is 5.92 Å². The Bertz CT molecular complexity index is 413. The van der Waals surface area contributed by atoms with E-state index >= 15 is 0 Å². The van der Waals surface area contributed by atoms with Crippen LogP contribution >= 0.6 is 0 Å². The molecule has 0 unspecified atom stereocenters. The number of ether oxygens (including phenoxy) is 1. The number of urea groups is 1. The summed E-state index contributed by atoms with van der Waals surface area (Å²) in [6, 6.07) is 0.00920. The number of carbonyl (C=O) groups excluding carboxylic acids is 1. The van der Waals surface area contributed by atoms with Gasteiger partial charge >= 0.3 is 6.03 Å². The normalized spacial score (nSPS) is 23.7. The molecule has 2 aliphatic heterocycles. The van der Waals surface area contributed by atoms with Crippen LogP contribution in [0.5, 0.6) is 0 Å². The van der Waals surface area contributed by atoms with E-state index in [1.807, 2.05) is 4.90 Å². The van der Waals surface area contributed by atoms with Gasteiger partial charge in [0, 0.05) is 52.4 Å². The molecule has 23 heavy (non-hydrogen) atoms. The number of hydrogen-bond acceptors (Lipinski definition) is 4. The summed E-state index contributed by atoms with van der Waals surface area (Å²) in [6.07, 6.45) is 5.41. The van der Waals surface area contributed by atoms with Gasteiger partial charge in [0.05, 0.1) is 19.3 Å². The Balaban J connectivity index is 1.67.